The van der Waals surface area contributed by atoms with Gasteiger partial charge in [0.2, 0.25) is 11.6 Å². The minimum atomic E-state index is -4.65. The molecule has 1 aromatic heterocycles. The molecule has 2 amide bonds. The molecule has 0 spiro atoms. The third-order valence-corrected chi connectivity index (χ3v) is 5.74. The van der Waals surface area contributed by atoms with Crippen molar-refractivity contribution in [2.45, 2.75) is 6.18 Å². The average Bonchev–Trinajstić information content (AvgIpc) is 2.94. The monoisotopic (exact) mass is 589 g/mol. The first-order valence-corrected chi connectivity index (χ1v) is 12.1. The summed E-state index contributed by atoms with van der Waals surface area (Å²) < 4.78 is 61.0. The van der Waals surface area contributed by atoms with Crippen LogP contribution in [0.4, 0.5) is 40.8 Å². The molecule has 0 aliphatic carbocycles. The molecule has 41 heavy (non-hydrogen) atoms. The topological polar surface area (TPSA) is 116 Å². The fraction of sp³-hybridized carbons (Fsp3) is 0.148. The Kier molecular flexibility index (Phi) is 8.87. The molecule has 1 heterocycles. The summed E-state index contributed by atoms with van der Waals surface area (Å²) in [5.74, 6) is 2.31. The van der Waals surface area contributed by atoms with Gasteiger partial charge in [0.1, 0.15) is 5.75 Å². The van der Waals surface area contributed by atoms with Crippen LogP contribution in [0.25, 0.3) is 0 Å². The zero-order valence-corrected chi connectivity index (χ0v) is 22.6. The lowest BCUT2D eigenvalue weighted by molar-refractivity contribution is -0.137. The Morgan fingerprint density at radius 1 is 0.829 bits per heavy atom. The van der Waals surface area contributed by atoms with E-state index in [1.54, 1.807) is 36.4 Å². The van der Waals surface area contributed by atoms with Gasteiger partial charge >= 0.3 is 12.2 Å². The second-order valence-electron chi connectivity index (χ2n) is 8.18. The minimum absolute atomic E-state index is 0.0715. The highest BCUT2D eigenvalue weighted by molar-refractivity contribution is 6.31. The lowest BCUT2D eigenvalue weighted by atomic mass is 10.2. The maximum Gasteiger partial charge on any atom is 0.417 e. The minimum Gasteiger partial charge on any atom is -0.493 e. The van der Waals surface area contributed by atoms with Gasteiger partial charge in [0, 0.05) is 29.2 Å². The van der Waals surface area contributed by atoms with Gasteiger partial charge in [-0.25, -0.2) is 4.79 Å². The molecule has 0 unspecified atom stereocenters. The first-order chi connectivity index (χ1) is 19.6. The molecule has 10 nitrogen and oxygen atoms in total. The molecule has 0 bridgehead atoms. The Morgan fingerprint density at radius 3 is 2.07 bits per heavy atom. The zero-order chi connectivity index (χ0) is 29.6. The second-order valence-corrected chi connectivity index (χ2v) is 8.59. The SMILES string of the molecule is COc1cc(Nc2cncc(Oc3ccc(NC(=O)Nc4ccc(Cl)c(C(F)(F)F)c4)cc3)n2)cc(OC)c1OC. The number of rotatable bonds is 9. The Labute approximate surface area is 237 Å². The van der Waals surface area contributed by atoms with Crippen molar-refractivity contribution >= 4 is 40.5 Å². The molecule has 0 aliphatic rings. The van der Waals surface area contributed by atoms with E-state index in [1.165, 1.54) is 39.8 Å². The van der Waals surface area contributed by atoms with Crippen LogP contribution in [0.5, 0.6) is 28.9 Å². The summed E-state index contributed by atoms with van der Waals surface area (Å²) in [6, 6.07) is 12.0. The number of alkyl halides is 3. The number of benzene rings is 3. The van der Waals surface area contributed by atoms with E-state index in [4.69, 9.17) is 30.5 Å². The van der Waals surface area contributed by atoms with E-state index in [1.807, 2.05) is 0 Å². The van der Waals surface area contributed by atoms with Crippen molar-refractivity contribution < 1.29 is 36.9 Å². The summed E-state index contributed by atoms with van der Waals surface area (Å²) in [5.41, 5.74) is -0.154. The number of nitrogens with zero attached hydrogens (tertiary/aromatic N) is 2. The van der Waals surface area contributed by atoms with E-state index in [0.717, 1.165) is 12.1 Å². The average molecular weight is 590 g/mol. The third-order valence-electron chi connectivity index (χ3n) is 5.41. The Morgan fingerprint density at radius 2 is 1.46 bits per heavy atom. The van der Waals surface area contributed by atoms with Gasteiger partial charge in [0.15, 0.2) is 17.3 Å². The Hall–Kier alpha value is -4.91. The van der Waals surface area contributed by atoms with Gasteiger partial charge in [0.05, 0.1) is 44.3 Å². The maximum absolute atomic E-state index is 13.1. The molecule has 4 aromatic rings. The van der Waals surface area contributed by atoms with E-state index in [-0.39, 0.29) is 11.6 Å². The first kappa shape index (κ1) is 29.1. The van der Waals surface area contributed by atoms with Gasteiger partial charge in [-0.2, -0.15) is 18.2 Å². The number of anilines is 4. The van der Waals surface area contributed by atoms with Crippen LogP contribution in [0.15, 0.2) is 67.0 Å². The second kappa shape index (κ2) is 12.5. The number of carbonyl (C=O) groups is 1. The zero-order valence-electron chi connectivity index (χ0n) is 21.8. The van der Waals surface area contributed by atoms with Crippen LogP contribution in [0.1, 0.15) is 5.56 Å². The molecule has 3 aromatic carbocycles. The number of nitrogens with one attached hydrogen (secondary N) is 3. The number of urea groups is 1. The highest BCUT2D eigenvalue weighted by atomic mass is 35.5. The molecule has 0 atom stereocenters. The van der Waals surface area contributed by atoms with Crippen molar-refractivity contribution in [2.24, 2.45) is 0 Å². The Bertz CT molecular complexity index is 1510. The van der Waals surface area contributed by atoms with Gasteiger partial charge in [0.25, 0.3) is 0 Å². The van der Waals surface area contributed by atoms with E-state index in [0.29, 0.717) is 40.2 Å². The van der Waals surface area contributed by atoms with Crippen molar-refractivity contribution in [3.05, 3.63) is 77.6 Å². The summed E-state index contributed by atoms with van der Waals surface area (Å²) in [6.07, 6.45) is -1.74. The van der Waals surface area contributed by atoms with E-state index < -0.39 is 22.8 Å². The van der Waals surface area contributed by atoms with Crippen molar-refractivity contribution in [3.63, 3.8) is 0 Å². The van der Waals surface area contributed by atoms with Crippen LogP contribution < -0.4 is 34.9 Å². The predicted molar refractivity (Wildman–Crippen MR) is 147 cm³/mol. The molecular formula is C27H23ClF3N5O5. The smallest absolute Gasteiger partial charge is 0.417 e. The lowest BCUT2D eigenvalue weighted by Gasteiger charge is -2.15. The molecule has 0 saturated heterocycles. The Balaban J connectivity index is 1.39. The number of amides is 2. The van der Waals surface area contributed by atoms with Gasteiger partial charge in [-0.15, -0.1) is 0 Å². The molecular weight excluding hydrogens is 567 g/mol. The summed E-state index contributed by atoms with van der Waals surface area (Å²) in [6.45, 7) is 0. The standard InChI is InChI=1S/C27H23ClF3N5O5/c1-38-21-11-17(12-22(39-2)25(21)40-3)33-23-13-32-14-24(36-23)41-18-7-4-15(5-8-18)34-26(37)35-16-6-9-20(28)19(10-16)27(29,30)31/h4-14H,1-3H3,(H,33,36)(H2,34,35,37). The number of methoxy groups -OCH3 is 3. The van der Waals surface area contributed by atoms with Gasteiger partial charge in [-0.1, -0.05) is 11.6 Å². The molecule has 0 aliphatic heterocycles. The third kappa shape index (κ3) is 7.39. The quantitative estimate of drug-likeness (QED) is 0.185. The molecule has 214 valence electrons. The predicted octanol–water partition coefficient (Wildman–Crippen LogP) is 7.35. The number of carbonyl (C=O) groups excluding carboxylic acids is 1. The van der Waals surface area contributed by atoms with Crippen molar-refractivity contribution in [3.8, 4) is 28.9 Å². The fourth-order valence-corrected chi connectivity index (χ4v) is 3.82. The van der Waals surface area contributed by atoms with E-state index in [9.17, 15) is 18.0 Å². The van der Waals surface area contributed by atoms with Gasteiger partial charge < -0.3 is 34.9 Å². The number of aromatic nitrogens is 2. The van der Waals surface area contributed by atoms with Crippen LogP contribution >= 0.6 is 11.6 Å². The molecule has 14 heteroatoms. The molecule has 0 fully saturated rings. The molecule has 4 rings (SSSR count). The lowest BCUT2D eigenvalue weighted by Crippen LogP contribution is -2.19. The highest BCUT2D eigenvalue weighted by Gasteiger charge is 2.33. The number of halogens is 4. The summed E-state index contributed by atoms with van der Waals surface area (Å²) in [5, 5.41) is 7.51. The van der Waals surface area contributed by atoms with Crippen LogP contribution in [-0.4, -0.2) is 37.3 Å². The maximum atomic E-state index is 13.1. The fourth-order valence-electron chi connectivity index (χ4n) is 3.60. The van der Waals surface area contributed by atoms with Crippen molar-refractivity contribution in [2.75, 3.05) is 37.3 Å². The van der Waals surface area contributed by atoms with Crippen molar-refractivity contribution in [1.82, 2.24) is 9.97 Å². The number of hydrogen-bond donors (Lipinski definition) is 3. The normalized spacial score (nSPS) is 10.9. The van der Waals surface area contributed by atoms with Crippen LogP contribution in [0.3, 0.4) is 0 Å². The number of ether oxygens (including phenoxy) is 4. The van der Waals surface area contributed by atoms with Crippen LogP contribution in [0, 0.1) is 0 Å². The molecule has 3 N–H and O–H groups in total. The van der Waals surface area contributed by atoms with E-state index >= 15 is 0 Å². The van der Waals surface area contributed by atoms with Crippen molar-refractivity contribution in [1.29, 1.82) is 0 Å². The molecule has 0 radical (unpaired) electrons. The highest BCUT2D eigenvalue weighted by Crippen LogP contribution is 2.40. The van der Waals surface area contributed by atoms with Gasteiger partial charge in [-0.05, 0) is 42.5 Å². The first-order valence-electron chi connectivity index (χ1n) is 11.7. The largest absolute Gasteiger partial charge is 0.493 e. The molecule has 0 saturated carbocycles. The van der Waals surface area contributed by atoms with E-state index in [2.05, 4.69) is 25.9 Å². The number of hydrogen-bond acceptors (Lipinski definition) is 8. The summed E-state index contributed by atoms with van der Waals surface area (Å²) in [4.78, 5) is 20.8. The van der Waals surface area contributed by atoms with Gasteiger partial charge in [-0.3, -0.25) is 4.98 Å². The summed E-state index contributed by atoms with van der Waals surface area (Å²) >= 11 is 5.61. The summed E-state index contributed by atoms with van der Waals surface area (Å²) in [7, 11) is 4.53. The van der Waals surface area contributed by atoms with Crippen LogP contribution in [-0.2, 0) is 6.18 Å². The van der Waals surface area contributed by atoms with Crippen LogP contribution in [0.2, 0.25) is 5.02 Å².